The molecule has 0 saturated heterocycles. The van der Waals surface area contributed by atoms with Crippen molar-refractivity contribution in [1.82, 2.24) is 5.32 Å². The molecule has 0 fully saturated rings. The molecule has 15 heavy (non-hydrogen) atoms. The summed E-state index contributed by atoms with van der Waals surface area (Å²) >= 11 is 12.1. The van der Waals surface area contributed by atoms with E-state index in [1.54, 1.807) is 6.07 Å². The fourth-order valence-electron chi connectivity index (χ4n) is 1.50. The first-order chi connectivity index (χ1) is 7.20. The van der Waals surface area contributed by atoms with E-state index < -0.39 is 0 Å². The molecule has 3 N–H and O–H groups in total. The van der Waals surface area contributed by atoms with Crippen LogP contribution in [0.1, 0.15) is 5.56 Å². The van der Waals surface area contributed by atoms with Crippen LogP contribution >= 0.6 is 23.2 Å². The average Bonchev–Trinajstić information content (AvgIpc) is 2.23. The molecule has 0 spiro atoms. The Labute approximate surface area is 98.4 Å². The number of hydrogen-bond acceptors (Lipinski definition) is 2. The second-order valence-electron chi connectivity index (χ2n) is 3.25. The summed E-state index contributed by atoms with van der Waals surface area (Å²) in [5.41, 5.74) is 8.47. The molecule has 0 aliphatic carbocycles. The Morgan fingerprint density at radius 2 is 2.07 bits per heavy atom. The topological polar surface area (TPSA) is 38.0 Å². The van der Waals surface area contributed by atoms with Gasteiger partial charge in [0.05, 0.1) is 10.0 Å². The van der Waals surface area contributed by atoms with Gasteiger partial charge in [-0.15, -0.1) is 0 Å². The van der Waals surface area contributed by atoms with Crippen molar-refractivity contribution in [3.05, 3.63) is 51.8 Å². The molecule has 1 aromatic rings. The highest BCUT2D eigenvalue weighted by atomic mass is 35.5. The molecule has 0 saturated carbocycles. The minimum atomic E-state index is 0.545. The van der Waals surface area contributed by atoms with Crippen LogP contribution in [0.3, 0.4) is 0 Å². The van der Waals surface area contributed by atoms with Crippen LogP contribution in [0.4, 0.5) is 0 Å². The van der Waals surface area contributed by atoms with E-state index >= 15 is 0 Å². The zero-order chi connectivity index (χ0) is 10.8. The number of nitrogens with one attached hydrogen (secondary N) is 1. The third-order valence-electron chi connectivity index (χ3n) is 2.28. The number of rotatable bonds is 1. The maximum atomic E-state index is 6.12. The highest BCUT2D eigenvalue weighted by Crippen LogP contribution is 2.31. The number of allylic oxidation sites excluding steroid dienone is 1. The fraction of sp³-hybridized carbons (Fsp3) is 0.0909. The molecule has 0 unspecified atom stereocenters. The van der Waals surface area contributed by atoms with Gasteiger partial charge < -0.3 is 11.1 Å². The Balaban J connectivity index is 2.54. The zero-order valence-electron chi connectivity index (χ0n) is 7.93. The number of hydrogen-bond donors (Lipinski definition) is 2. The number of halogens is 2. The van der Waals surface area contributed by atoms with Crippen LogP contribution in [0.25, 0.3) is 5.57 Å². The van der Waals surface area contributed by atoms with Gasteiger partial charge in [-0.2, -0.15) is 0 Å². The van der Waals surface area contributed by atoms with Gasteiger partial charge in [0.25, 0.3) is 0 Å². The predicted molar refractivity (Wildman–Crippen MR) is 64.7 cm³/mol. The summed E-state index contributed by atoms with van der Waals surface area (Å²) < 4.78 is 0. The maximum absolute atomic E-state index is 6.12. The first-order valence-corrected chi connectivity index (χ1v) is 5.28. The van der Waals surface area contributed by atoms with E-state index in [-0.39, 0.29) is 0 Å². The summed E-state index contributed by atoms with van der Waals surface area (Å²) in [6.45, 7) is 0.669. The van der Waals surface area contributed by atoms with Crippen molar-refractivity contribution in [3.8, 4) is 0 Å². The molecule has 78 valence electrons. The molecule has 1 aliphatic rings. The first kappa shape index (κ1) is 10.4. The summed E-state index contributed by atoms with van der Waals surface area (Å²) in [7, 11) is 0. The Morgan fingerprint density at radius 3 is 2.80 bits per heavy atom. The highest BCUT2D eigenvalue weighted by molar-refractivity contribution is 6.43. The minimum absolute atomic E-state index is 0.545. The van der Waals surface area contributed by atoms with Gasteiger partial charge in [0.1, 0.15) is 0 Å². The van der Waals surface area contributed by atoms with Crippen molar-refractivity contribution in [2.75, 3.05) is 6.54 Å². The Morgan fingerprint density at radius 1 is 1.27 bits per heavy atom. The summed E-state index contributed by atoms with van der Waals surface area (Å²) in [5.74, 6) is 0. The first-order valence-electron chi connectivity index (χ1n) is 4.53. The van der Waals surface area contributed by atoms with E-state index in [1.807, 2.05) is 24.4 Å². The summed E-state index contributed by atoms with van der Waals surface area (Å²) in [6.07, 6.45) is 3.63. The minimum Gasteiger partial charge on any atom is -0.398 e. The number of dihydropyridines is 1. The van der Waals surface area contributed by atoms with Gasteiger partial charge in [0.2, 0.25) is 0 Å². The molecule has 2 nitrogen and oxygen atoms in total. The quantitative estimate of drug-likeness (QED) is 0.793. The van der Waals surface area contributed by atoms with E-state index in [1.165, 1.54) is 0 Å². The highest BCUT2D eigenvalue weighted by Gasteiger charge is 2.12. The average molecular weight is 241 g/mol. The lowest BCUT2D eigenvalue weighted by Crippen LogP contribution is -2.18. The van der Waals surface area contributed by atoms with Crippen molar-refractivity contribution in [1.29, 1.82) is 0 Å². The lowest BCUT2D eigenvalue weighted by molar-refractivity contribution is 0.970. The normalized spacial score (nSPS) is 15.3. The lowest BCUT2D eigenvalue weighted by Gasteiger charge is -2.16. The summed E-state index contributed by atoms with van der Waals surface area (Å²) in [4.78, 5) is 0. The molecule has 0 atom stereocenters. The molecule has 4 heteroatoms. The number of nitrogens with two attached hydrogens (primary N) is 1. The Bertz CT molecular complexity index is 450. The summed E-state index contributed by atoms with van der Waals surface area (Å²) in [5, 5.41) is 4.19. The third kappa shape index (κ3) is 1.96. The monoisotopic (exact) mass is 240 g/mol. The van der Waals surface area contributed by atoms with E-state index in [0.717, 1.165) is 16.8 Å². The van der Waals surface area contributed by atoms with Crippen molar-refractivity contribution < 1.29 is 0 Å². The van der Waals surface area contributed by atoms with Crippen LogP contribution in [-0.2, 0) is 0 Å². The van der Waals surface area contributed by atoms with Crippen LogP contribution in [0.15, 0.2) is 36.2 Å². The van der Waals surface area contributed by atoms with Crippen molar-refractivity contribution in [2.24, 2.45) is 5.73 Å². The molecule has 1 heterocycles. The van der Waals surface area contributed by atoms with Crippen LogP contribution in [0.5, 0.6) is 0 Å². The molecule has 2 rings (SSSR count). The maximum Gasteiger partial charge on any atom is 0.0668 e. The largest absolute Gasteiger partial charge is 0.398 e. The fourth-order valence-corrected chi connectivity index (χ4v) is 1.91. The van der Waals surface area contributed by atoms with Gasteiger partial charge in [-0.1, -0.05) is 35.3 Å². The SMILES string of the molecule is NC1=C(c2cccc(Cl)c2Cl)CNC=C1. The molecular weight excluding hydrogens is 231 g/mol. The van der Waals surface area contributed by atoms with Gasteiger partial charge >= 0.3 is 0 Å². The molecule has 1 aromatic carbocycles. The lowest BCUT2D eigenvalue weighted by atomic mass is 10.0. The predicted octanol–water partition coefficient (Wildman–Crippen LogP) is 2.78. The van der Waals surface area contributed by atoms with Crippen LogP contribution in [0.2, 0.25) is 10.0 Å². The molecular formula is C11H10Cl2N2. The summed E-state index contributed by atoms with van der Waals surface area (Å²) in [6, 6.07) is 5.54. The van der Waals surface area contributed by atoms with E-state index in [2.05, 4.69) is 5.32 Å². The van der Waals surface area contributed by atoms with Crippen molar-refractivity contribution in [3.63, 3.8) is 0 Å². The van der Waals surface area contributed by atoms with E-state index in [0.29, 0.717) is 16.6 Å². The van der Waals surface area contributed by atoms with E-state index in [4.69, 9.17) is 28.9 Å². The van der Waals surface area contributed by atoms with Gasteiger partial charge in [-0.25, -0.2) is 0 Å². The van der Waals surface area contributed by atoms with Crippen molar-refractivity contribution in [2.45, 2.75) is 0 Å². The van der Waals surface area contributed by atoms with Gasteiger partial charge in [0, 0.05) is 23.4 Å². The Hall–Kier alpha value is -1.12. The van der Waals surface area contributed by atoms with Crippen LogP contribution in [0, 0.1) is 0 Å². The molecule has 0 aromatic heterocycles. The molecule has 0 radical (unpaired) electrons. The zero-order valence-corrected chi connectivity index (χ0v) is 9.44. The smallest absolute Gasteiger partial charge is 0.0668 e. The van der Waals surface area contributed by atoms with Gasteiger partial charge in [-0.3, -0.25) is 0 Å². The second kappa shape index (κ2) is 4.17. The van der Waals surface area contributed by atoms with Gasteiger partial charge in [-0.05, 0) is 18.3 Å². The van der Waals surface area contributed by atoms with Crippen molar-refractivity contribution >= 4 is 28.8 Å². The van der Waals surface area contributed by atoms with Gasteiger partial charge in [0.15, 0.2) is 0 Å². The second-order valence-corrected chi connectivity index (χ2v) is 4.03. The third-order valence-corrected chi connectivity index (χ3v) is 3.10. The molecule has 0 bridgehead atoms. The van der Waals surface area contributed by atoms with Crippen LogP contribution < -0.4 is 11.1 Å². The van der Waals surface area contributed by atoms with Crippen LogP contribution in [-0.4, -0.2) is 6.54 Å². The molecule has 0 amide bonds. The van der Waals surface area contributed by atoms with E-state index in [9.17, 15) is 0 Å². The molecule has 1 aliphatic heterocycles. The Kier molecular flexibility index (Phi) is 2.89. The number of benzene rings is 1. The standard InChI is InChI=1S/C11H10Cl2N2/c12-9-3-1-2-7(11(9)13)8-6-15-5-4-10(8)14/h1-5,15H,6,14H2.